The van der Waals surface area contributed by atoms with Crippen LogP contribution in [-0.4, -0.2) is 16.1 Å². The first-order valence-electron chi connectivity index (χ1n) is 8.81. The number of anilines is 1. The molecule has 1 fully saturated rings. The highest BCUT2D eigenvalue weighted by Crippen LogP contribution is 2.39. The summed E-state index contributed by atoms with van der Waals surface area (Å²) in [5, 5.41) is 10.1. The average molecular weight is 329 g/mol. The fraction of sp³-hybridized carbons (Fsp3) is 0.238. The van der Waals surface area contributed by atoms with Gasteiger partial charge in [0.25, 0.3) is 0 Å². The molecule has 2 N–H and O–H groups in total. The largest absolute Gasteiger partial charge is 0.309 e. The molecule has 3 aromatic rings. The average Bonchev–Trinajstić information content (AvgIpc) is 3.25. The maximum absolute atomic E-state index is 12.3. The van der Waals surface area contributed by atoms with E-state index in [0.717, 1.165) is 17.7 Å². The molecule has 1 saturated carbocycles. The van der Waals surface area contributed by atoms with Crippen LogP contribution in [0.15, 0.2) is 48.5 Å². The van der Waals surface area contributed by atoms with Gasteiger partial charge in [0.05, 0.1) is 6.42 Å². The Bertz CT molecular complexity index is 969. The Hall–Kier alpha value is -2.88. The van der Waals surface area contributed by atoms with E-state index in [-0.39, 0.29) is 5.91 Å². The van der Waals surface area contributed by atoms with Crippen LogP contribution in [0.2, 0.25) is 0 Å². The van der Waals surface area contributed by atoms with E-state index >= 15 is 0 Å². The number of carbonyl (C=O) groups is 1. The molecule has 4 nitrogen and oxygen atoms in total. The van der Waals surface area contributed by atoms with Gasteiger partial charge in [0.15, 0.2) is 5.82 Å². The highest BCUT2D eigenvalue weighted by molar-refractivity contribution is 5.91. The van der Waals surface area contributed by atoms with Gasteiger partial charge in [0.2, 0.25) is 5.91 Å². The van der Waals surface area contributed by atoms with Crippen molar-refractivity contribution < 1.29 is 4.79 Å². The summed E-state index contributed by atoms with van der Waals surface area (Å²) in [6.07, 6.45) is 3.75. The number of aromatic nitrogens is 2. The van der Waals surface area contributed by atoms with Crippen molar-refractivity contribution in [2.75, 3.05) is 5.32 Å². The molecule has 1 heterocycles. The van der Waals surface area contributed by atoms with E-state index in [1.807, 2.05) is 6.07 Å². The van der Waals surface area contributed by atoms with Crippen LogP contribution in [0.3, 0.4) is 0 Å². The van der Waals surface area contributed by atoms with Gasteiger partial charge in [0, 0.05) is 17.7 Å². The van der Waals surface area contributed by atoms with E-state index in [9.17, 15) is 4.79 Å². The van der Waals surface area contributed by atoms with E-state index in [0.29, 0.717) is 18.2 Å². The van der Waals surface area contributed by atoms with E-state index in [1.54, 1.807) is 0 Å². The highest BCUT2D eigenvalue weighted by atomic mass is 16.1. The Kier molecular flexibility index (Phi) is 3.23. The monoisotopic (exact) mass is 329 g/mol. The van der Waals surface area contributed by atoms with Crippen molar-refractivity contribution in [3.8, 4) is 11.1 Å². The predicted octanol–water partition coefficient (Wildman–Crippen LogP) is 4.04. The number of hydrogen-bond acceptors (Lipinski definition) is 2. The molecule has 0 bridgehead atoms. The SMILES string of the molecule is O=C(Cc1ccc2c(c1)Cc1ccccc1-2)Nc1cc(C2CC2)[nH]n1. The zero-order valence-electron chi connectivity index (χ0n) is 13.9. The molecule has 0 atom stereocenters. The van der Waals surface area contributed by atoms with Crippen molar-refractivity contribution in [3.63, 3.8) is 0 Å². The maximum atomic E-state index is 12.3. The number of fused-ring (bicyclic) bond motifs is 3. The summed E-state index contributed by atoms with van der Waals surface area (Å²) in [6.45, 7) is 0. The minimum Gasteiger partial charge on any atom is -0.309 e. The molecule has 0 spiro atoms. The normalized spacial score (nSPS) is 14.9. The molecule has 1 aromatic heterocycles. The molecular weight excluding hydrogens is 310 g/mol. The lowest BCUT2D eigenvalue weighted by Crippen LogP contribution is -2.14. The molecule has 0 saturated heterocycles. The van der Waals surface area contributed by atoms with Crippen molar-refractivity contribution in [1.82, 2.24) is 10.2 Å². The number of hydrogen-bond donors (Lipinski definition) is 2. The van der Waals surface area contributed by atoms with Crippen molar-refractivity contribution in [1.29, 1.82) is 0 Å². The predicted molar refractivity (Wildman–Crippen MR) is 97.6 cm³/mol. The van der Waals surface area contributed by atoms with Crippen LogP contribution in [0.5, 0.6) is 0 Å². The second-order valence-electron chi connectivity index (χ2n) is 7.03. The maximum Gasteiger partial charge on any atom is 0.229 e. The first-order chi connectivity index (χ1) is 12.3. The van der Waals surface area contributed by atoms with Crippen LogP contribution in [0.25, 0.3) is 11.1 Å². The third-order valence-corrected chi connectivity index (χ3v) is 5.11. The fourth-order valence-electron chi connectivity index (χ4n) is 3.68. The zero-order chi connectivity index (χ0) is 16.8. The Balaban J connectivity index is 1.29. The Labute approximate surface area is 146 Å². The molecule has 5 rings (SSSR count). The number of rotatable bonds is 4. The first-order valence-corrected chi connectivity index (χ1v) is 8.81. The molecule has 2 aromatic carbocycles. The van der Waals surface area contributed by atoms with Crippen molar-refractivity contribution in [3.05, 3.63) is 70.9 Å². The standard InChI is InChI=1S/C21H19N3O/c25-21(22-20-12-19(23-24-20)14-6-7-14)10-13-5-8-18-16(9-13)11-15-3-1-2-4-17(15)18/h1-5,8-9,12,14H,6-7,10-11H2,(H2,22,23,24,25). The number of carbonyl (C=O) groups excluding carboxylic acids is 1. The van der Waals surface area contributed by atoms with Crippen LogP contribution in [0.1, 0.15) is 41.1 Å². The molecule has 4 heteroatoms. The lowest BCUT2D eigenvalue weighted by Gasteiger charge is -2.05. The van der Waals surface area contributed by atoms with Crippen LogP contribution in [-0.2, 0) is 17.6 Å². The summed E-state index contributed by atoms with van der Waals surface area (Å²) in [5.74, 6) is 1.21. The van der Waals surface area contributed by atoms with Gasteiger partial charge < -0.3 is 5.32 Å². The molecule has 0 aliphatic heterocycles. The number of H-pyrrole nitrogens is 1. The second-order valence-corrected chi connectivity index (χ2v) is 7.03. The molecular formula is C21H19N3O. The molecule has 2 aliphatic rings. The van der Waals surface area contributed by atoms with Gasteiger partial charge in [-0.3, -0.25) is 9.89 Å². The topological polar surface area (TPSA) is 57.8 Å². The van der Waals surface area contributed by atoms with Crippen molar-refractivity contribution in [2.24, 2.45) is 0 Å². The third kappa shape index (κ3) is 2.74. The van der Waals surface area contributed by atoms with E-state index in [4.69, 9.17) is 0 Å². The van der Waals surface area contributed by atoms with Gasteiger partial charge in [-0.1, -0.05) is 42.5 Å². The van der Waals surface area contributed by atoms with Crippen molar-refractivity contribution in [2.45, 2.75) is 31.6 Å². The number of nitrogens with zero attached hydrogens (tertiary/aromatic N) is 1. The molecule has 124 valence electrons. The third-order valence-electron chi connectivity index (χ3n) is 5.11. The molecule has 2 aliphatic carbocycles. The Morgan fingerprint density at radius 3 is 2.80 bits per heavy atom. The molecule has 0 radical (unpaired) electrons. The summed E-state index contributed by atoms with van der Waals surface area (Å²) < 4.78 is 0. The number of aromatic amines is 1. The van der Waals surface area contributed by atoms with Gasteiger partial charge >= 0.3 is 0 Å². The summed E-state index contributed by atoms with van der Waals surface area (Å²) in [4.78, 5) is 12.3. The number of amides is 1. The van der Waals surface area contributed by atoms with Crippen LogP contribution < -0.4 is 5.32 Å². The smallest absolute Gasteiger partial charge is 0.229 e. The number of nitrogens with one attached hydrogen (secondary N) is 2. The van der Waals surface area contributed by atoms with Gasteiger partial charge in [-0.05, 0) is 47.1 Å². The fourth-order valence-corrected chi connectivity index (χ4v) is 3.68. The summed E-state index contributed by atoms with van der Waals surface area (Å²) in [6, 6.07) is 16.8. The number of benzene rings is 2. The lowest BCUT2D eigenvalue weighted by atomic mass is 10.0. The highest BCUT2D eigenvalue weighted by Gasteiger charge is 2.25. The lowest BCUT2D eigenvalue weighted by molar-refractivity contribution is -0.115. The zero-order valence-corrected chi connectivity index (χ0v) is 13.9. The van der Waals surface area contributed by atoms with Gasteiger partial charge in [-0.25, -0.2) is 0 Å². The summed E-state index contributed by atoms with van der Waals surface area (Å²) >= 11 is 0. The van der Waals surface area contributed by atoms with Crippen molar-refractivity contribution >= 4 is 11.7 Å². The second kappa shape index (κ2) is 5.59. The van der Waals surface area contributed by atoms with Crippen LogP contribution in [0.4, 0.5) is 5.82 Å². The summed E-state index contributed by atoms with van der Waals surface area (Å²) in [7, 11) is 0. The summed E-state index contributed by atoms with van der Waals surface area (Å²) in [5.41, 5.74) is 7.46. The molecule has 1 amide bonds. The van der Waals surface area contributed by atoms with Gasteiger partial charge in [-0.2, -0.15) is 5.10 Å². The first kappa shape index (κ1) is 14.5. The van der Waals surface area contributed by atoms with Gasteiger partial charge in [-0.15, -0.1) is 0 Å². The molecule has 25 heavy (non-hydrogen) atoms. The van der Waals surface area contributed by atoms with E-state index < -0.39 is 0 Å². The van der Waals surface area contributed by atoms with E-state index in [1.165, 1.54) is 35.1 Å². The minimum atomic E-state index is -0.0238. The Morgan fingerprint density at radius 2 is 1.92 bits per heavy atom. The van der Waals surface area contributed by atoms with Gasteiger partial charge in [0.1, 0.15) is 0 Å². The quantitative estimate of drug-likeness (QED) is 0.594. The van der Waals surface area contributed by atoms with Crippen LogP contribution in [0, 0.1) is 0 Å². The van der Waals surface area contributed by atoms with E-state index in [2.05, 4.69) is 58.0 Å². The Morgan fingerprint density at radius 1 is 1.08 bits per heavy atom. The van der Waals surface area contributed by atoms with Crippen LogP contribution >= 0.6 is 0 Å². The minimum absolute atomic E-state index is 0.0238. The molecule has 0 unspecified atom stereocenters.